The lowest BCUT2D eigenvalue weighted by molar-refractivity contribution is -0.131. The fraction of sp³-hybridized carbons (Fsp3) is 0.818. The number of carbonyl (C=O) groups excluding carboxylic acids is 2. The summed E-state index contributed by atoms with van der Waals surface area (Å²) in [6.45, 7) is 8.50. The van der Waals surface area contributed by atoms with Gasteiger partial charge in [-0.1, -0.05) is 27.7 Å². The lowest BCUT2D eigenvalue weighted by atomic mass is 9.96. The van der Waals surface area contributed by atoms with Crippen molar-refractivity contribution >= 4 is 11.8 Å². The van der Waals surface area contributed by atoms with Crippen LogP contribution in [0, 0.1) is 5.41 Å². The number of nitrogens with zero attached hydrogens (tertiary/aromatic N) is 1. The zero-order valence-corrected chi connectivity index (χ0v) is 10.4. The van der Waals surface area contributed by atoms with E-state index >= 15 is 0 Å². The number of nitrogens with one attached hydrogen (secondary N) is 1. The van der Waals surface area contributed by atoms with E-state index in [1.165, 1.54) is 0 Å². The molecule has 88 valence electrons. The van der Waals surface area contributed by atoms with Gasteiger partial charge in [-0.05, 0) is 0 Å². The maximum Gasteiger partial charge on any atom is 0.225 e. The summed E-state index contributed by atoms with van der Waals surface area (Å²) < 4.78 is 0. The molecule has 0 saturated heterocycles. The Kier molecular flexibility index (Phi) is 5.33. The van der Waals surface area contributed by atoms with Crippen LogP contribution in [0.4, 0.5) is 0 Å². The van der Waals surface area contributed by atoms with Crippen LogP contribution >= 0.6 is 0 Å². The van der Waals surface area contributed by atoms with Crippen LogP contribution in [0.25, 0.3) is 0 Å². The average Bonchev–Trinajstić information content (AvgIpc) is 2.14. The highest BCUT2D eigenvalue weighted by Crippen LogP contribution is 2.11. The molecule has 0 aromatic heterocycles. The topological polar surface area (TPSA) is 49.4 Å². The van der Waals surface area contributed by atoms with Crippen LogP contribution < -0.4 is 5.32 Å². The minimum atomic E-state index is -0.368. The van der Waals surface area contributed by atoms with Crippen LogP contribution in [0.3, 0.4) is 0 Å². The van der Waals surface area contributed by atoms with Crippen molar-refractivity contribution in [2.45, 2.75) is 34.1 Å². The Hall–Kier alpha value is -1.06. The maximum absolute atomic E-state index is 11.5. The van der Waals surface area contributed by atoms with Gasteiger partial charge in [0.15, 0.2) is 0 Å². The highest BCUT2D eigenvalue weighted by molar-refractivity contribution is 5.81. The molecule has 4 nitrogen and oxygen atoms in total. The standard InChI is InChI=1S/C11H22N2O2/c1-6-9(14)13(5)8-7-12-10(15)11(2,3)4/h6-8H2,1-5H3,(H,12,15). The van der Waals surface area contributed by atoms with Gasteiger partial charge in [-0.15, -0.1) is 0 Å². The molecule has 0 spiro atoms. The Balaban J connectivity index is 3.81. The van der Waals surface area contributed by atoms with E-state index in [0.29, 0.717) is 19.5 Å². The summed E-state index contributed by atoms with van der Waals surface area (Å²) in [6, 6.07) is 0. The van der Waals surface area contributed by atoms with Crippen LogP contribution in [0.1, 0.15) is 34.1 Å². The Morgan fingerprint density at radius 3 is 2.20 bits per heavy atom. The number of hydrogen-bond acceptors (Lipinski definition) is 2. The van der Waals surface area contributed by atoms with Crippen LogP contribution in [0.2, 0.25) is 0 Å². The van der Waals surface area contributed by atoms with Gasteiger partial charge >= 0.3 is 0 Å². The van der Waals surface area contributed by atoms with Gasteiger partial charge in [0, 0.05) is 32.0 Å². The van der Waals surface area contributed by atoms with Crippen molar-refractivity contribution in [3.8, 4) is 0 Å². The molecule has 1 N–H and O–H groups in total. The van der Waals surface area contributed by atoms with Gasteiger partial charge in [-0.25, -0.2) is 0 Å². The molecule has 15 heavy (non-hydrogen) atoms. The fourth-order valence-electron chi connectivity index (χ4n) is 0.997. The number of likely N-dealkylation sites (N-methyl/N-ethyl adjacent to an activating group) is 1. The maximum atomic E-state index is 11.5. The zero-order chi connectivity index (χ0) is 12.1. The van der Waals surface area contributed by atoms with Crippen molar-refractivity contribution in [1.29, 1.82) is 0 Å². The summed E-state index contributed by atoms with van der Waals surface area (Å²) >= 11 is 0. The first-order valence-corrected chi connectivity index (χ1v) is 5.31. The Morgan fingerprint density at radius 1 is 1.27 bits per heavy atom. The Labute approximate surface area is 92.0 Å². The molecule has 0 aromatic carbocycles. The summed E-state index contributed by atoms with van der Waals surface area (Å²) in [5, 5.41) is 2.80. The predicted octanol–water partition coefficient (Wildman–Crippen LogP) is 1.02. The zero-order valence-electron chi connectivity index (χ0n) is 10.4. The molecule has 0 unspecified atom stereocenters. The van der Waals surface area contributed by atoms with Crippen molar-refractivity contribution in [1.82, 2.24) is 10.2 Å². The molecular weight excluding hydrogens is 192 g/mol. The molecule has 0 saturated carbocycles. The Bertz CT molecular complexity index is 231. The minimum Gasteiger partial charge on any atom is -0.354 e. The molecule has 0 heterocycles. The molecule has 0 rings (SSSR count). The van der Waals surface area contributed by atoms with Crippen molar-refractivity contribution < 1.29 is 9.59 Å². The van der Waals surface area contributed by atoms with Crippen molar-refractivity contribution in [3.63, 3.8) is 0 Å². The van der Waals surface area contributed by atoms with E-state index in [1.54, 1.807) is 11.9 Å². The summed E-state index contributed by atoms with van der Waals surface area (Å²) in [6.07, 6.45) is 0.504. The highest BCUT2D eigenvalue weighted by atomic mass is 16.2. The van der Waals surface area contributed by atoms with Crippen molar-refractivity contribution in [3.05, 3.63) is 0 Å². The molecule has 0 aliphatic carbocycles. The smallest absolute Gasteiger partial charge is 0.225 e. The van der Waals surface area contributed by atoms with E-state index in [4.69, 9.17) is 0 Å². The molecule has 0 aliphatic rings. The summed E-state index contributed by atoms with van der Waals surface area (Å²) in [5.41, 5.74) is -0.368. The Morgan fingerprint density at radius 2 is 1.80 bits per heavy atom. The number of rotatable bonds is 4. The molecular formula is C11H22N2O2. The minimum absolute atomic E-state index is 0.0137. The molecule has 0 radical (unpaired) electrons. The van der Waals surface area contributed by atoms with E-state index in [9.17, 15) is 9.59 Å². The van der Waals surface area contributed by atoms with Crippen LogP contribution in [-0.4, -0.2) is 36.9 Å². The first-order chi connectivity index (χ1) is 6.79. The van der Waals surface area contributed by atoms with E-state index < -0.39 is 0 Å². The van der Waals surface area contributed by atoms with Crippen molar-refractivity contribution in [2.24, 2.45) is 5.41 Å². The normalized spacial score (nSPS) is 11.0. The number of hydrogen-bond donors (Lipinski definition) is 1. The second kappa shape index (κ2) is 5.73. The molecule has 0 fully saturated rings. The second-order valence-electron chi connectivity index (χ2n) is 4.67. The lowest BCUT2D eigenvalue weighted by Crippen LogP contribution is -2.40. The van der Waals surface area contributed by atoms with Crippen LogP contribution in [0.15, 0.2) is 0 Å². The molecule has 4 heteroatoms. The molecule has 0 aromatic rings. The molecule has 2 amide bonds. The van der Waals surface area contributed by atoms with E-state index in [1.807, 2.05) is 27.7 Å². The lowest BCUT2D eigenvalue weighted by Gasteiger charge is -2.20. The van der Waals surface area contributed by atoms with Crippen LogP contribution in [-0.2, 0) is 9.59 Å². The van der Waals surface area contributed by atoms with Crippen LogP contribution in [0.5, 0.6) is 0 Å². The first kappa shape index (κ1) is 13.9. The number of carbonyl (C=O) groups is 2. The molecule has 0 bridgehead atoms. The van der Waals surface area contributed by atoms with Gasteiger partial charge in [0.25, 0.3) is 0 Å². The molecule has 0 aliphatic heterocycles. The quantitative estimate of drug-likeness (QED) is 0.759. The summed E-state index contributed by atoms with van der Waals surface area (Å²) in [7, 11) is 1.75. The van der Waals surface area contributed by atoms with Crippen molar-refractivity contribution in [2.75, 3.05) is 20.1 Å². The highest BCUT2D eigenvalue weighted by Gasteiger charge is 2.20. The third kappa shape index (κ3) is 5.40. The second-order valence-corrected chi connectivity index (χ2v) is 4.67. The number of amides is 2. The van der Waals surface area contributed by atoms with Gasteiger partial charge in [-0.2, -0.15) is 0 Å². The predicted molar refractivity (Wildman–Crippen MR) is 60.4 cm³/mol. The SMILES string of the molecule is CCC(=O)N(C)CCNC(=O)C(C)(C)C. The molecule has 0 atom stereocenters. The largest absolute Gasteiger partial charge is 0.354 e. The van der Waals surface area contributed by atoms with Gasteiger partial charge in [-0.3, -0.25) is 9.59 Å². The third-order valence-corrected chi connectivity index (χ3v) is 2.14. The van der Waals surface area contributed by atoms with Gasteiger partial charge in [0.05, 0.1) is 0 Å². The van der Waals surface area contributed by atoms with E-state index in [2.05, 4.69) is 5.32 Å². The van der Waals surface area contributed by atoms with Gasteiger partial charge in [0.2, 0.25) is 11.8 Å². The van der Waals surface area contributed by atoms with E-state index in [-0.39, 0.29) is 17.2 Å². The summed E-state index contributed by atoms with van der Waals surface area (Å²) in [5.74, 6) is 0.111. The summed E-state index contributed by atoms with van der Waals surface area (Å²) in [4.78, 5) is 24.3. The third-order valence-electron chi connectivity index (χ3n) is 2.14. The van der Waals surface area contributed by atoms with Gasteiger partial charge in [0.1, 0.15) is 0 Å². The fourth-order valence-corrected chi connectivity index (χ4v) is 0.997. The van der Waals surface area contributed by atoms with Gasteiger partial charge < -0.3 is 10.2 Å². The average molecular weight is 214 g/mol. The van der Waals surface area contributed by atoms with E-state index in [0.717, 1.165) is 0 Å². The first-order valence-electron chi connectivity index (χ1n) is 5.31. The monoisotopic (exact) mass is 214 g/mol.